The Kier molecular flexibility index (Phi) is 4.18. The summed E-state index contributed by atoms with van der Waals surface area (Å²) in [5, 5.41) is 2.97. The van der Waals surface area contributed by atoms with Crippen LogP contribution in [0, 0.1) is 5.41 Å². The number of nitrogens with one attached hydrogen (secondary N) is 1. The lowest BCUT2D eigenvalue weighted by Crippen LogP contribution is -2.64. The molecule has 0 spiro atoms. The number of hydrogen-bond acceptors (Lipinski definition) is 4. The first-order valence-electron chi connectivity index (χ1n) is 6.89. The third-order valence-electron chi connectivity index (χ3n) is 4.15. The summed E-state index contributed by atoms with van der Waals surface area (Å²) in [6.45, 7) is 3.80. The van der Waals surface area contributed by atoms with Gasteiger partial charge in [0.25, 0.3) is 11.8 Å². The van der Waals surface area contributed by atoms with Gasteiger partial charge in [-0.15, -0.1) is 0 Å². The number of para-hydroxylation sites is 1. The number of carbonyl (C=O) groups excluding carboxylic acids is 2. The highest BCUT2D eigenvalue weighted by Gasteiger charge is 2.46. The van der Waals surface area contributed by atoms with Crippen LogP contribution in [0.1, 0.15) is 30.6 Å². The molecule has 6 heteroatoms. The van der Waals surface area contributed by atoms with Crippen molar-refractivity contribution in [2.24, 2.45) is 16.9 Å². The van der Waals surface area contributed by atoms with Gasteiger partial charge in [-0.2, -0.15) is 0 Å². The van der Waals surface area contributed by atoms with Crippen LogP contribution in [0.15, 0.2) is 24.3 Å². The maximum atomic E-state index is 12.4. The molecule has 0 radical (unpaired) electrons. The van der Waals surface area contributed by atoms with E-state index in [2.05, 4.69) is 5.32 Å². The summed E-state index contributed by atoms with van der Waals surface area (Å²) in [7, 11) is 0. The summed E-state index contributed by atoms with van der Waals surface area (Å²) in [5.74, 6) is -0.480. The summed E-state index contributed by atoms with van der Waals surface area (Å²) in [6, 6.07) is 6.88. The maximum Gasteiger partial charge on any atom is 0.255 e. The van der Waals surface area contributed by atoms with Gasteiger partial charge in [-0.3, -0.25) is 9.59 Å². The van der Waals surface area contributed by atoms with E-state index in [0.717, 1.165) is 6.42 Å². The average molecular weight is 291 g/mol. The molecule has 1 aromatic rings. The zero-order chi connectivity index (χ0) is 15.6. The fraction of sp³-hybridized carbons (Fsp3) is 0.467. The number of amides is 2. The van der Waals surface area contributed by atoms with Crippen LogP contribution in [0.4, 0.5) is 0 Å². The van der Waals surface area contributed by atoms with Crippen molar-refractivity contribution in [2.75, 3.05) is 6.61 Å². The van der Waals surface area contributed by atoms with E-state index in [1.165, 1.54) is 0 Å². The van der Waals surface area contributed by atoms with Gasteiger partial charge in [0.05, 0.1) is 5.56 Å². The van der Waals surface area contributed by atoms with Crippen molar-refractivity contribution in [3.8, 4) is 5.75 Å². The Balaban J connectivity index is 2.07. The van der Waals surface area contributed by atoms with Crippen LogP contribution in [-0.2, 0) is 4.79 Å². The van der Waals surface area contributed by atoms with Crippen LogP contribution < -0.4 is 21.5 Å². The molecule has 1 aromatic carbocycles. The zero-order valence-corrected chi connectivity index (χ0v) is 12.3. The Morgan fingerprint density at radius 3 is 2.62 bits per heavy atom. The Hall–Kier alpha value is -2.08. The molecular formula is C15H21N3O3. The molecule has 0 aromatic heterocycles. The monoisotopic (exact) mass is 291 g/mol. The van der Waals surface area contributed by atoms with E-state index in [-0.39, 0.29) is 30.0 Å². The van der Waals surface area contributed by atoms with E-state index in [9.17, 15) is 9.59 Å². The minimum Gasteiger partial charge on any atom is -0.483 e. The van der Waals surface area contributed by atoms with Crippen molar-refractivity contribution in [1.29, 1.82) is 0 Å². The fourth-order valence-corrected chi connectivity index (χ4v) is 2.37. The van der Waals surface area contributed by atoms with Gasteiger partial charge >= 0.3 is 0 Å². The van der Waals surface area contributed by atoms with E-state index in [1.807, 2.05) is 13.8 Å². The molecule has 1 saturated carbocycles. The van der Waals surface area contributed by atoms with Crippen molar-refractivity contribution in [1.82, 2.24) is 5.32 Å². The van der Waals surface area contributed by atoms with Gasteiger partial charge in [-0.25, -0.2) is 0 Å². The van der Waals surface area contributed by atoms with Gasteiger partial charge in [0.2, 0.25) is 0 Å². The Bertz CT molecular complexity index is 557. The lowest BCUT2D eigenvalue weighted by atomic mass is 9.63. The fourth-order valence-electron chi connectivity index (χ4n) is 2.37. The third kappa shape index (κ3) is 3.16. The minimum absolute atomic E-state index is 0.0317. The molecule has 1 aliphatic rings. The summed E-state index contributed by atoms with van der Waals surface area (Å²) in [4.78, 5) is 23.2. The lowest BCUT2D eigenvalue weighted by Gasteiger charge is -2.50. The lowest BCUT2D eigenvalue weighted by molar-refractivity contribution is -0.119. The Labute approximate surface area is 123 Å². The molecule has 0 heterocycles. The summed E-state index contributed by atoms with van der Waals surface area (Å²) in [5.41, 5.74) is 11.3. The molecule has 5 N–H and O–H groups in total. The maximum absolute atomic E-state index is 12.4. The van der Waals surface area contributed by atoms with Crippen molar-refractivity contribution in [2.45, 2.75) is 32.4 Å². The number of hydrogen-bond donors (Lipinski definition) is 3. The smallest absolute Gasteiger partial charge is 0.255 e. The minimum atomic E-state index is -0.587. The van der Waals surface area contributed by atoms with Gasteiger partial charge in [-0.05, 0) is 18.6 Å². The molecule has 2 rings (SSSR count). The van der Waals surface area contributed by atoms with Crippen LogP contribution in [-0.4, -0.2) is 30.5 Å². The third-order valence-corrected chi connectivity index (χ3v) is 4.15. The SMILES string of the molecule is CC1(C)C(N)CC1NC(=O)c1ccccc1OCC(N)=O. The van der Waals surface area contributed by atoms with Crippen molar-refractivity contribution in [3.05, 3.63) is 29.8 Å². The number of benzene rings is 1. The van der Waals surface area contributed by atoms with E-state index in [1.54, 1.807) is 24.3 Å². The number of rotatable bonds is 5. The molecule has 0 bridgehead atoms. The second-order valence-electron chi connectivity index (χ2n) is 5.94. The topological polar surface area (TPSA) is 107 Å². The van der Waals surface area contributed by atoms with E-state index in [0.29, 0.717) is 11.3 Å². The first kappa shape index (κ1) is 15.3. The second kappa shape index (κ2) is 5.73. The highest BCUT2D eigenvalue weighted by atomic mass is 16.5. The quantitative estimate of drug-likeness (QED) is 0.730. The van der Waals surface area contributed by atoms with E-state index in [4.69, 9.17) is 16.2 Å². The number of nitrogens with two attached hydrogens (primary N) is 2. The van der Waals surface area contributed by atoms with Crippen LogP contribution in [0.3, 0.4) is 0 Å². The predicted octanol–water partition coefficient (Wildman–Crippen LogP) is 0.406. The van der Waals surface area contributed by atoms with E-state index < -0.39 is 5.91 Å². The highest BCUT2D eigenvalue weighted by molar-refractivity contribution is 5.97. The van der Waals surface area contributed by atoms with Crippen LogP contribution >= 0.6 is 0 Å². The van der Waals surface area contributed by atoms with Crippen molar-refractivity contribution < 1.29 is 14.3 Å². The summed E-state index contributed by atoms with van der Waals surface area (Å²) < 4.78 is 5.27. The Morgan fingerprint density at radius 2 is 2.05 bits per heavy atom. The molecule has 21 heavy (non-hydrogen) atoms. The molecule has 0 aliphatic heterocycles. The van der Waals surface area contributed by atoms with Crippen LogP contribution in [0.2, 0.25) is 0 Å². The van der Waals surface area contributed by atoms with Gasteiger partial charge in [-0.1, -0.05) is 26.0 Å². The highest BCUT2D eigenvalue weighted by Crippen LogP contribution is 2.39. The molecule has 2 amide bonds. The predicted molar refractivity (Wildman–Crippen MR) is 78.8 cm³/mol. The van der Waals surface area contributed by atoms with Gasteiger partial charge in [0, 0.05) is 17.5 Å². The van der Waals surface area contributed by atoms with Crippen molar-refractivity contribution in [3.63, 3.8) is 0 Å². The molecule has 0 saturated heterocycles. The molecule has 2 atom stereocenters. The number of primary amides is 1. The van der Waals surface area contributed by atoms with Crippen LogP contribution in [0.25, 0.3) is 0 Å². The number of carbonyl (C=O) groups is 2. The Morgan fingerprint density at radius 1 is 1.38 bits per heavy atom. The molecule has 2 unspecified atom stereocenters. The van der Waals surface area contributed by atoms with Gasteiger partial charge < -0.3 is 21.5 Å². The van der Waals surface area contributed by atoms with Crippen molar-refractivity contribution >= 4 is 11.8 Å². The zero-order valence-electron chi connectivity index (χ0n) is 12.3. The molecule has 114 valence electrons. The molecule has 1 fully saturated rings. The molecular weight excluding hydrogens is 270 g/mol. The molecule has 6 nitrogen and oxygen atoms in total. The van der Waals surface area contributed by atoms with Gasteiger partial charge in [0.1, 0.15) is 5.75 Å². The van der Waals surface area contributed by atoms with Crippen LogP contribution in [0.5, 0.6) is 5.75 Å². The molecule has 1 aliphatic carbocycles. The first-order valence-corrected chi connectivity index (χ1v) is 6.89. The first-order chi connectivity index (χ1) is 9.82. The van der Waals surface area contributed by atoms with E-state index >= 15 is 0 Å². The second-order valence-corrected chi connectivity index (χ2v) is 5.94. The van der Waals surface area contributed by atoms with Gasteiger partial charge in [0.15, 0.2) is 6.61 Å². The summed E-state index contributed by atoms with van der Waals surface area (Å²) in [6.07, 6.45) is 0.753. The standard InChI is InChI=1S/C15H21N3O3/c1-15(2)11(16)7-12(15)18-14(20)9-5-3-4-6-10(9)21-8-13(17)19/h3-6,11-12H,7-8,16H2,1-2H3,(H2,17,19)(H,18,20). The average Bonchev–Trinajstić information content (AvgIpc) is 2.45. The normalized spacial score (nSPS) is 23.0. The largest absolute Gasteiger partial charge is 0.483 e. The summed E-state index contributed by atoms with van der Waals surface area (Å²) >= 11 is 0. The number of ether oxygens (including phenoxy) is 1.